The highest BCUT2D eigenvalue weighted by molar-refractivity contribution is 4.65. The third-order valence-corrected chi connectivity index (χ3v) is 14.5. The number of nitrogens with zero attached hydrogens (tertiary/aromatic N) is 1. The smallest absolute Gasteiger partial charge is 0.153 e. The molecule has 0 N–H and O–H groups in total. The van der Waals surface area contributed by atoms with Gasteiger partial charge in [-0.25, -0.2) is 4.39 Å². The first-order valence-corrected chi connectivity index (χ1v) is 30.1. The molecule has 0 saturated heterocycles. The van der Waals surface area contributed by atoms with Gasteiger partial charge in [0, 0.05) is 13.1 Å². The van der Waals surface area contributed by atoms with Crippen LogP contribution in [-0.4, -0.2) is 24.3 Å². The number of unbranched alkanes of at least 4 members (excludes halogenated alkanes) is 50. The SMILES string of the molecule is CCCCCCCCCCCCCCCCCCCCN(CCCCCCCCCCCCCCCCCCCC)C(F)CCCCCCCCCCCCCCCCCCC. The highest BCUT2D eigenvalue weighted by atomic mass is 19.1. The summed E-state index contributed by atoms with van der Waals surface area (Å²) in [5.41, 5.74) is 0. The third kappa shape index (κ3) is 52.5. The molecule has 1 unspecified atom stereocenters. The summed E-state index contributed by atoms with van der Waals surface area (Å²) in [5.74, 6) is 0. The molecule has 0 aliphatic rings. The van der Waals surface area contributed by atoms with Gasteiger partial charge in [0.1, 0.15) is 0 Å². The molecule has 0 aromatic rings. The molecule has 0 spiro atoms. The molecule has 0 rings (SSSR count). The normalized spacial score (nSPS) is 12.3. The van der Waals surface area contributed by atoms with E-state index in [0.29, 0.717) is 0 Å². The van der Waals surface area contributed by atoms with Gasteiger partial charge in [-0.1, -0.05) is 342 Å². The Morgan fingerprint density at radius 1 is 0.210 bits per heavy atom. The number of rotatable bonds is 57. The molecule has 0 radical (unpaired) electrons. The van der Waals surface area contributed by atoms with Gasteiger partial charge in [-0.15, -0.1) is 0 Å². The Balaban J connectivity index is 4.07. The second-order valence-corrected chi connectivity index (χ2v) is 20.9. The van der Waals surface area contributed by atoms with Crippen LogP contribution in [0.4, 0.5) is 4.39 Å². The van der Waals surface area contributed by atoms with Gasteiger partial charge in [-0.05, 0) is 25.7 Å². The van der Waals surface area contributed by atoms with Crippen LogP contribution in [-0.2, 0) is 0 Å². The lowest BCUT2D eigenvalue weighted by atomic mass is 10.0. The van der Waals surface area contributed by atoms with E-state index in [2.05, 4.69) is 25.7 Å². The molecule has 374 valence electrons. The first-order valence-electron chi connectivity index (χ1n) is 30.1. The zero-order chi connectivity index (χ0) is 44.8. The molecule has 0 saturated carbocycles. The highest BCUT2D eigenvalue weighted by Crippen LogP contribution is 2.20. The van der Waals surface area contributed by atoms with Crippen molar-refractivity contribution in [3.63, 3.8) is 0 Å². The van der Waals surface area contributed by atoms with E-state index in [1.165, 1.54) is 334 Å². The van der Waals surface area contributed by atoms with Gasteiger partial charge >= 0.3 is 0 Å². The van der Waals surface area contributed by atoms with Gasteiger partial charge in [0.05, 0.1) is 0 Å². The molecule has 2 heteroatoms. The van der Waals surface area contributed by atoms with E-state index < -0.39 is 6.30 Å². The van der Waals surface area contributed by atoms with E-state index in [1.54, 1.807) is 0 Å². The predicted octanol–water partition coefficient (Wildman–Crippen LogP) is 22.7. The maximum Gasteiger partial charge on any atom is 0.153 e. The van der Waals surface area contributed by atoms with Gasteiger partial charge in [-0.2, -0.15) is 0 Å². The zero-order valence-corrected chi connectivity index (χ0v) is 44.0. The monoisotopic (exact) mass is 876 g/mol. The van der Waals surface area contributed by atoms with Crippen LogP contribution in [0.25, 0.3) is 0 Å². The zero-order valence-electron chi connectivity index (χ0n) is 44.0. The number of alkyl halides is 1. The fourth-order valence-corrected chi connectivity index (χ4v) is 10.0. The average molecular weight is 877 g/mol. The Morgan fingerprint density at radius 3 is 0.532 bits per heavy atom. The van der Waals surface area contributed by atoms with Crippen LogP contribution in [0.15, 0.2) is 0 Å². The third-order valence-electron chi connectivity index (χ3n) is 14.5. The molecular formula is C60H122FN. The molecule has 0 aromatic carbocycles. The number of halogens is 1. The summed E-state index contributed by atoms with van der Waals surface area (Å²) in [6.45, 7) is 8.89. The molecule has 0 aliphatic carbocycles. The quantitative estimate of drug-likeness (QED) is 0.0435. The first-order chi connectivity index (χ1) is 30.8. The molecule has 0 aliphatic heterocycles. The fraction of sp³-hybridized carbons (Fsp3) is 1.00. The molecular weight excluding hydrogens is 754 g/mol. The van der Waals surface area contributed by atoms with Gasteiger partial charge in [-0.3, -0.25) is 4.90 Å². The largest absolute Gasteiger partial charge is 0.274 e. The maximum absolute atomic E-state index is 15.7. The summed E-state index contributed by atoms with van der Waals surface area (Å²) in [6.07, 6.45) is 74.4. The molecule has 0 bridgehead atoms. The van der Waals surface area contributed by atoms with Gasteiger partial charge in [0.25, 0.3) is 0 Å². The van der Waals surface area contributed by atoms with Crippen molar-refractivity contribution in [2.75, 3.05) is 13.1 Å². The van der Waals surface area contributed by atoms with Crippen molar-refractivity contribution in [2.24, 2.45) is 0 Å². The minimum Gasteiger partial charge on any atom is -0.274 e. The van der Waals surface area contributed by atoms with Crippen LogP contribution in [0, 0.1) is 0 Å². The van der Waals surface area contributed by atoms with Gasteiger partial charge in [0.15, 0.2) is 6.30 Å². The van der Waals surface area contributed by atoms with Crippen LogP contribution in [0.5, 0.6) is 0 Å². The van der Waals surface area contributed by atoms with E-state index in [4.69, 9.17) is 0 Å². The van der Waals surface area contributed by atoms with E-state index in [1.807, 2.05) is 0 Å². The van der Waals surface area contributed by atoms with Crippen LogP contribution >= 0.6 is 0 Å². The lowest BCUT2D eigenvalue weighted by Gasteiger charge is -2.26. The van der Waals surface area contributed by atoms with Crippen molar-refractivity contribution in [3.05, 3.63) is 0 Å². The highest BCUT2D eigenvalue weighted by Gasteiger charge is 2.16. The Kier molecular flexibility index (Phi) is 56.9. The lowest BCUT2D eigenvalue weighted by Crippen LogP contribution is -2.34. The van der Waals surface area contributed by atoms with E-state index in [9.17, 15) is 0 Å². The van der Waals surface area contributed by atoms with E-state index >= 15 is 4.39 Å². The second-order valence-electron chi connectivity index (χ2n) is 20.9. The number of hydrogen-bond acceptors (Lipinski definition) is 1. The van der Waals surface area contributed by atoms with Crippen LogP contribution in [0.1, 0.15) is 367 Å². The molecule has 1 atom stereocenters. The molecule has 0 fully saturated rings. The summed E-state index contributed by atoms with van der Waals surface area (Å²) in [5, 5.41) is 0. The number of hydrogen-bond donors (Lipinski definition) is 0. The molecule has 0 aromatic heterocycles. The predicted molar refractivity (Wildman–Crippen MR) is 283 cm³/mol. The second kappa shape index (κ2) is 57.0. The van der Waals surface area contributed by atoms with Crippen molar-refractivity contribution < 1.29 is 4.39 Å². The molecule has 62 heavy (non-hydrogen) atoms. The minimum absolute atomic E-state index is 0.720. The summed E-state index contributed by atoms with van der Waals surface area (Å²) < 4.78 is 15.7. The topological polar surface area (TPSA) is 3.24 Å². The van der Waals surface area contributed by atoms with Gasteiger partial charge < -0.3 is 0 Å². The molecule has 0 amide bonds. The summed E-state index contributed by atoms with van der Waals surface area (Å²) in [6, 6.07) is 0. The van der Waals surface area contributed by atoms with Gasteiger partial charge in [0.2, 0.25) is 0 Å². The lowest BCUT2D eigenvalue weighted by molar-refractivity contribution is 0.0683. The Labute approximate surface area is 394 Å². The first kappa shape index (κ1) is 61.9. The van der Waals surface area contributed by atoms with Crippen LogP contribution < -0.4 is 0 Å². The standard InChI is InChI=1S/C60H122FN/c1-4-7-10-13-16-19-22-25-28-31-34-37-40-43-46-49-52-55-58-62(59-56-53-50-47-44-41-38-35-32-29-26-23-20-17-14-11-8-5-2)60(61)57-54-51-48-45-42-39-36-33-30-27-24-21-18-15-12-9-6-3/h60H,4-59H2,1-3H3. The Morgan fingerprint density at radius 2 is 0.355 bits per heavy atom. The molecule has 0 heterocycles. The Bertz CT molecular complexity index is 713. The maximum atomic E-state index is 15.7. The van der Waals surface area contributed by atoms with Crippen LogP contribution in [0.2, 0.25) is 0 Å². The van der Waals surface area contributed by atoms with Crippen molar-refractivity contribution in [1.82, 2.24) is 4.90 Å². The van der Waals surface area contributed by atoms with Crippen molar-refractivity contribution in [1.29, 1.82) is 0 Å². The summed E-state index contributed by atoms with van der Waals surface area (Å²) in [7, 11) is 0. The van der Waals surface area contributed by atoms with Crippen molar-refractivity contribution in [2.45, 2.75) is 374 Å². The fourth-order valence-electron chi connectivity index (χ4n) is 10.0. The van der Waals surface area contributed by atoms with Crippen molar-refractivity contribution in [3.8, 4) is 0 Å². The summed E-state index contributed by atoms with van der Waals surface area (Å²) >= 11 is 0. The molecule has 1 nitrogen and oxygen atoms in total. The van der Waals surface area contributed by atoms with E-state index in [-0.39, 0.29) is 0 Å². The van der Waals surface area contributed by atoms with E-state index in [0.717, 1.165) is 25.9 Å². The van der Waals surface area contributed by atoms with Crippen molar-refractivity contribution >= 4 is 0 Å². The Hall–Kier alpha value is -0.110. The average Bonchev–Trinajstić information content (AvgIpc) is 3.28. The van der Waals surface area contributed by atoms with Crippen LogP contribution in [0.3, 0.4) is 0 Å². The summed E-state index contributed by atoms with van der Waals surface area (Å²) in [4.78, 5) is 2.27. The minimum atomic E-state index is -0.720.